The van der Waals surface area contributed by atoms with Crippen molar-refractivity contribution in [1.29, 1.82) is 0 Å². The Balaban J connectivity index is 1.35. The Bertz CT molecular complexity index is 820. The number of carbonyl (C=O) groups excluding carboxylic acids is 2. The molecule has 3 fully saturated rings. The summed E-state index contributed by atoms with van der Waals surface area (Å²) in [4.78, 5) is 27.4. The molecule has 3 N–H and O–H groups in total. The van der Waals surface area contributed by atoms with Crippen molar-refractivity contribution in [2.24, 2.45) is 5.92 Å². The monoisotopic (exact) mass is 478 g/mol. The number of aromatic nitrogens is 1. The Labute approximate surface area is 200 Å². The molecule has 1 saturated carbocycles. The number of carbonyl (C=O) groups is 2. The van der Waals surface area contributed by atoms with E-state index in [4.69, 9.17) is 14.0 Å². The van der Waals surface area contributed by atoms with Crippen molar-refractivity contribution in [1.82, 2.24) is 15.4 Å². The van der Waals surface area contributed by atoms with Crippen molar-refractivity contribution in [2.45, 2.75) is 89.6 Å². The molecular formula is C24H38N4O6. The van der Waals surface area contributed by atoms with Crippen LogP contribution in [0.1, 0.15) is 62.8 Å². The largest absolute Gasteiger partial charge is 0.389 e. The quantitative estimate of drug-likeness (QED) is 0.594. The summed E-state index contributed by atoms with van der Waals surface area (Å²) in [5, 5.41) is 20.2. The van der Waals surface area contributed by atoms with Gasteiger partial charge in [-0.25, -0.2) is 4.79 Å². The molecule has 1 aromatic heterocycles. The maximum absolute atomic E-state index is 13.2. The molecule has 1 aliphatic carbocycles. The van der Waals surface area contributed by atoms with Gasteiger partial charge in [0.1, 0.15) is 17.5 Å². The van der Waals surface area contributed by atoms with E-state index in [1.54, 1.807) is 18.7 Å². The molecule has 0 unspecified atom stereocenters. The second-order valence-electron chi connectivity index (χ2n) is 9.93. The van der Waals surface area contributed by atoms with Crippen molar-refractivity contribution in [3.63, 3.8) is 0 Å². The molecule has 190 valence electrons. The smallest absolute Gasteiger partial charge is 0.322 e. The van der Waals surface area contributed by atoms with E-state index >= 15 is 0 Å². The zero-order valence-electron chi connectivity index (χ0n) is 20.3. The summed E-state index contributed by atoms with van der Waals surface area (Å²) in [6, 6.07) is -0.602. The van der Waals surface area contributed by atoms with Gasteiger partial charge in [-0.15, -0.1) is 0 Å². The zero-order valence-corrected chi connectivity index (χ0v) is 20.3. The Hall–Kier alpha value is -2.17. The number of aryl methyl sites for hydroxylation is 2. The van der Waals surface area contributed by atoms with Crippen molar-refractivity contribution >= 4 is 17.6 Å². The van der Waals surface area contributed by atoms with Crippen molar-refractivity contribution in [3.8, 4) is 0 Å². The summed E-state index contributed by atoms with van der Waals surface area (Å²) in [5.74, 6) is 1.13. The summed E-state index contributed by atoms with van der Waals surface area (Å²) in [7, 11) is 0. The third-order valence-electron chi connectivity index (χ3n) is 7.23. The maximum atomic E-state index is 13.2. The Morgan fingerprint density at radius 2 is 1.91 bits per heavy atom. The van der Waals surface area contributed by atoms with Gasteiger partial charge in [-0.3, -0.25) is 4.79 Å². The molecule has 3 aliphatic rings. The van der Waals surface area contributed by atoms with Gasteiger partial charge in [-0.05, 0) is 45.4 Å². The number of anilines is 1. The van der Waals surface area contributed by atoms with Crippen LogP contribution in [-0.2, 0) is 14.3 Å². The molecule has 0 bridgehead atoms. The van der Waals surface area contributed by atoms with Gasteiger partial charge >= 0.3 is 6.03 Å². The van der Waals surface area contributed by atoms with Crippen molar-refractivity contribution in [3.05, 3.63) is 11.5 Å². The van der Waals surface area contributed by atoms with Crippen LogP contribution in [-0.4, -0.2) is 77.8 Å². The number of hydrogen-bond acceptors (Lipinski definition) is 7. The lowest BCUT2D eigenvalue weighted by molar-refractivity contribution is -0.149. The third kappa shape index (κ3) is 6.28. The number of aliphatic hydroxyl groups is 1. The lowest BCUT2D eigenvalue weighted by Crippen LogP contribution is -2.58. The van der Waals surface area contributed by atoms with Crippen LogP contribution in [0.25, 0.3) is 0 Å². The Kier molecular flexibility index (Phi) is 8.44. The van der Waals surface area contributed by atoms with Crippen molar-refractivity contribution in [2.75, 3.05) is 31.6 Å². The molecule has 4 rings (SSSR count). The van der Waals surface area contributed by atoms with Crippen LogP contribution < -0.4 is 10.6 Å². The molecule has 2 saturated heterocycles. The van der Waals surface area contributed by atoms with E-state index in [9.17, 15) is 14.7 Å². The summed E-state index contributed by atoms with van der Waals surface area (Å²) in [6.07, 6.45) is 6.45. The molecular weight excluding hydrogens is 440 g/mol. The van der Waals surface area contributed by atoms with Gasteiger partial charge < -0.3 is 34.6 Å². The molecule has 0 aromatic carbocycles. The van der Waals surface area contributed by atoms with Crippen LogP contribution in [0, 0.1) is 19.8 Å². The molecule has 3 heterocycles. The zero-order chi connectivity index (χ0) is 24.1. The normalized spacial score (nSPS) is 28.5. The lowest BCUT2D eigenvalue weighted by atomic mass is 9.89. The standard InChI is InChI=1S/C24H38N4O6/c1-15-23(16(2)34-27-15)26-24(31)28-12-18(29)13-32-14-21-20(28)9-8-19(33-21)10-22(30)25-11-17-6-4-3-5-7-17/h17-21,29H,3-14H2,1-2H3,(H,25,30)(H,26,31)/t18-,19-,20-,21+/m1/s1. The van der Waals surface area contributed by atoms with E-state index in [1.807, 2.05) is 0 Å². The van der Waals surface area contributed by atoms with E-state index in [1.165, 1.54) is 32.1 Å². The first-order valence-corrected chi connectivity index (χ1v) is 12.6. The highest BCUT2D eigenvalue weighted by Gasteiger charge is 2.40. The first-order valence-electron chi connectivity index (χ1n) is 12.6. The average molecular weight is 479 g/mol. The number of aliphatic hydroxyl groups excluding tert-OH is 1. The molecule has 10 nitrogen and oxygen atoms in total. The lowest BCUT2D eigenvalue weighted by Gasteiger charge is -2.44. The highest BCUT2D eigenvalue weighted by atomic mass is 16.5. The van der Waals surface area contributed by atoms with E-state index < -0.39 is 6.10 Å². The van der Waals surface area contributed by atoms with Gasteiger partial charge in [0, 0.05) is 6.54 Å². The molecule has 10 heteroatoms. The Morgan fingerprint density at radius 3 is 2.65 bits per heavy atom. The minimum absolute atomic E-state index is 0.0178. The molecule has 3 amide bonds. The topological polar surface area (TPSA) is 126 Å². The predicted octanol–water partition coefficient (Wildman–Crippen LogP) is 2.52. The van der Waals surface area contributed by atoms with Crippen LogP contribution in [0.3, 0.4) is 0 Å². The minimum Gasteiger partial charge on any atom is -0.389 e. The summed E-state index contributed by atoms with van der Waals surface area (Å²) >= 11 is 0. The number of nitrogens with zero attached hydrogens (tertiary/aromatic N) is 2. The number of hydrogen-bond donors (Lipinski definition) is 3. The van der Waals surface area contributed by atoms with Crippen LogP contribution in [0.4, 0.5) is 10.5 Å². The number of urea groups is 1. The van der Waals surface area contributed by atoms with E-state index in [-0.39, 0.29) is 49.9 Å². The van der Waals surface area contributed by atoms with E-state index in [0.29, 0.717) is 42.3 Å². The fourth-order valence-corrected chi connectivity index (χ4v) is 5.34. The van der Waals surface area contributed by atoms with Crippen LogP contribution in [0.5, 0.6) is 0 Å². The third-order valence-corrected chi connectivity index (χ3v) is 7.23. The fraction of sp³-hybridized carbons (Fsp3) is 0.792. The van der Waals surface area contributed by atoms with Crippen LogP contribution >= 0.6 is 0 Å². The predicted molar refractivity (Wildman–Crippen MR) is 124 cm³/mol. The SMILES string of the molecule is Cc1noc(C)c1NC(=O)N1C[C@@H](O)COC[C@@H]2O[C@@H](CC(=O)NCC3CCCCC3)CC[C@H]21. The number of β-amino-alcohol motifs (C(OH)–C–C–N with tert-alkyl or cyclic N) is 1. The van der Waals surface area contributed by atoms with E-state index in [0.717, 1.165) is 6.54 Å². The second kappa shape index (κ2) is 11.5. The summed E-state index contributed by atoms with van der Waals surface area (Å²) in [6.45, 7) is 4.76. The first kappa shape index (κ1) is 24.9. The van der Waals surface area contributed by atoms with Gasteiger partial charge in [-0.1, -0.05) is 24.4 Å². The van der Waals surface area contributed by atoms with Gasteiger partial charge in [0.05, 0.1) is 44.4 Å². The summed E-state index contributed by atoms with van der Waals surface area (Å²) < 4.78 is 17.1. The molecule has 34 heavy (non-hydrogen) atoms. The highest BCUT2D eigenvalue weighted by Crippen LogP contribution is 2.29. The second-order valence-corrected chi connectivity index (χ2v) is 9.93. The molecule has 1 aromatic rings. The first-order chi connectivity index (χ1) is 16.4. The fourth-order valence-electron chi connectivity index (χ4n) is 5.34. The Morgan fingerprint density at radius 1 is 1.12 bits per heavy atom. The molecule has 4 atom stereocenters. The average Bonchev–Trinajstić information content (AvgIpc) is 3.13. The van der Waals surface area contributed by atoms with Gasteiger partial charge in [0.2, 0.25) is 5.91 Å². The number of fused-ring (bicyclic) bond motifs is 1. The van der Waals surface area contributed by atoms with Crippen LogP contribution in [0.2, 0.25) is 0 Å². The molecule has 0 radical (unpaired) electrons. The maximum Gasteiger partial charge on any atom is 0.322 e. The number of amides is 3. The molecule has 2 aliphatic heterocycles. The number of nitrogens with one attached hydrogen (secondary N) is 2. The van der Waals surface area contributed by atoms with Crippen LogP contribution in [0.15, 0.2) is 4.52 Å². The molecule has 0 spiro atoms. The number of ether oxygens (including phenoxy) is 2. The minimum atomic E-state index is -0.792. The number of rotatable bonds is 5. The highest BCUT2D eigenvalue weighted by molar-refractivity contribution is 5.90. The van der Waals surface area contributed by atoms with Crippen molar-refractivity contribution < 1.29 is 28.7 Å². The van der Waals surface area contributed by atoms with Gasteiger partial charge in [-0.2, -0.15) is 0 Å². The van der Waals surface area contributed by atoms with Gasteiger partial charge in [0.15, 0.2) is 5.76 Å². The van der Waals surface area contributed by atoms with Gasteiger partial charge in [0.25, 0.3) is 0 Å². The van der Waals surface area contributed by atoms with E-state index in [2.05, 4.69) is 15.8 Å². The summed E-state index contributed by atoms with van der Waals surface area (Å²) in [5.41, 5.74) is 1.14.